The predicted molar refractivity (Wildman–Crippen MR) is 50.5 cm³/mol. The molecule has 0 heterocycles. The Kier molecular flexibility index (Phi) is 19.3. The van der Waals surface area contributed by atoms with Gasteiger partial charge in [-0.1, -0.05) is 0 Å². The van der Waals surface area contributed by atoms with E-state index in [1.165, 1.54) is 0 Å². The minimum absolute atomic E-state index is 0. The first-order valence-electron chi connectivity index (χ1n) is 4.05. The molecule has 0 bridgehead atoms. The van der Waals surface area contributed by atoms with Gasteiger partial charge in [0.1, 0.15) is 0 Å². The maximum atomic E-state index is 11.4. The SMILES string of the molecule is O=C(O)C(F)C(=O)O.O=C(O)C(F)C(=O)O.[Li+].[O-]B(O)O. The van der Waals surface area contributed by atoms with Crippen LogP contribution in [0, 0.1) is 0 Å². The van der Waals surface area contributed by atoms with Crippen molar-refractivity contribution in [2.75, 3.05) is 0 Å². The van der Waals surface area contributed by atoms with Gasteiger partial charge in [0.15, 0.2) is 0 Å². The van der Waals surface area contributed by atoms with Gasteiger partial charge >= 0.3 is 50.1 Å². The molecular formula is C6H8BF2LiO11. The van der Waals surface area contributed by atoms with Gasteiger partial charge in [0.25, 0.3) is 12.3 Å². The van der Waals surface area contributed by atoms with Crippen molar-refractivity contribution < 1.29 is 82.3 Å². The van der Waals surface area contributed by atoms with Gasteiger partial charge in [-0.25, -0.2) is 28.0 Å². The number of aliphatic carboxylic acids is 4. The zero-order chi connectivity index (χ0) is 17.0. The van der Waals surface area contributed by atoms with Crippen LogP contribution < -0.4 is 23.9 Å². The Bertz CT molecular complexity index is 291. The Morgan fingerprint density at radius 3 is 0.857 bits per heavy atom. The average molecular weight is 312 g/mol. The van der Waals surface area contributed by atoms with E-state index in [0.717, 1.165) is 0 Å². The summed E-state index contributed by atoms with van der Waals surface area (Å²) < 4.78 is 22.9. The predicted octanol–water partition coefficient (Wildman–Crippen LogP) is -6.69. The molecule has 0 radical (unpaired) electrons. The van der Waals surface area contributed by atoms with Gasteiger partial charge in [-0.2, -0.15) is 0 Å². The van der Waals surface area contributed by atoms with Gasteiger partial charge in [-0.15, -0.1) is 0 Å². The molecule has 6 N–H and O–H groups in total. The van der Waals surface area contributed by atoms with E-state index in [1.807, 2.05) is 0 Å². The van der Waals surface area contributed by atoms with E-state index >= 15 is 0 Å². The van der Waals surface area contributed by atoms with Crippen LogP contribution in [0.1, 0.15) is 0 Å². The van der Waals surface area contributed by atoms with Crippen molar-refractivity contribution in [1.82, 2.24) is 0 Å². The van der Waals surface area contributed by atoms with Gasteiger partial charge in [0.2, 0.25) is 0 Å². The summed E-state index contributed by atoms with van der Waals surface area (Å²) in [6, 6.07) is 0. The van der Waals surface area contributed by atoms with Crippen LogP contribution in [0.25, 0.3) is 0 Å². The van der Waals surface area contributed by atoms with Crippen molar-refractivity contribution in [1.29, 1.82) is 0 Å². The average Bonchev–Trinajstić information content (AvgIpc) is 2.26. The third-order valence-corrected chi connectivity index (χ3v) is 0.867. The van der Waals surface area contributed by atoms with E-state index in [-0.39, 0.29) is 18.9 Å². The summed E-state index contributed by atoms with van der Waals surface area (Å²) in [4.78, 5) is 37.5. The van der Waals surface area contributed by atoms with Crippen molar-refractivity contribution in [2.24, 2.45) is 0 Å². The quantitative estimate of drug-likeness (QED) is 0.212. The first-order valence-corrected chi connectivity index (χ1v) is 4.05. The topological polar surface area (TPSA) is 213 Å². The second-order valence-corrected chi connectivity index (χ2v) is 2.40. The molecule has 0 saturated heterocycles. The molecule has 0 aromatic carbocycles. The molecule has 0 aromatic rings. The number of hydrogen-bond acceptors (Lipinski definition) is 7. The van der Waals surface area contributed by atoms with Crippen LogP contribution in [-0.4, -0.2) is 74.0 Å². The van der Waals surface area contributed by atoms with Gasteiger partial charge < -0.3 is 35.5 Å². The van der Waals surface area contributed by atoms with E-state index in [1.54, 1.807) is 0 Å². The molecule has 21 heavy (non-hydrogen) atoms. The van der Waals surface area contributed by atoms with Crippen LogP contribution in [0.3, 0.4) is 0 Å². The molecular weight excluding hydrogens is 304 g/mol. The molecule has 0 unspecified atom stereocenters. The van der Waals surface area contributed by atoms with E-state index in [9.17, 15) is 28.0 Å². The molecule has 0 fully saturated rings. The molecule has 15 heteroatoms. The maximum absolute atomic E-state index is 11.4. The number of carboxylic acids is 4. The molecule has 0 rings (SSSR count). The smallest absolute Gasteiger partial charge is 0.832 e. The normalized spacial score (nSPS) is 8.33. The van der Waals surface area contributed by atoms with Crippen LogP contribution in [0.2, 0.25) is 0 Å². The van der Waals surface area contributed by atoms with E-state index < -0.39 is 43.5 Å². The van der Waals surface area contributed by atoms with Crippen LogP contribution >= 0.6 is 0 Å². The van der Waals surface area contributed by atoms with Crippen LogP contribution in [0.5, 0.6) is 0 Å². The summed E-state index contributed by atoms with van der Waals surface area (Å²) in [7, 11) is -2.42. The Morgan fingerprint density at radius 2 is 0.857 bits per heavy atom. The monoisotopic (exact) mass is 312 g/mol. The largest absolute Gasteiger partial charge is 1.00 e. The van der Waals surface area contributed by atoms with Crippen molar-refractivity contribution >= 4 is 31.2 Å². The third-order valence-electron chi connectivity index (χ3n) is 0.867. The zero-order valence-corrected chi connectivity index (χ0v) is 10.2. The van der Waals surface area contributed by atoms with Crippen molar-refractivity contribution in [2.45, 2.75) is 12.3 Å². The molecule has 0 aromatic heterocycles. The van der Waals surface area contributed by atoms with Crippen molar-refractivity contribution in [3.8, 4) is 0 Å². The van der Waals surface area contributed by atoms with Crippen LogP contribution in [0.15, 0.2) is 0 Å². The molecule has 0 aliphatic carbocycles. The summed E-state index contributed by atoms with van der Waals surface area (Å²) in [6.07, 6.45) is -5.59. The third kappa shape index (κ3) is 23.8. The first kappa shape index (κ1) is 27.6. The van der Waals surface area contributed by atoms with E-state index in [4.69, 9.17) is 35.5 Å². The number of alkyl halides is 2. The number of carbonyl (C=O) groups is 4. The molecule has 0 saturated carbocycles. The molecule has 0 spiro atoms. The summed E-state index contributed by atoms with van der Waals surface area (Å²) >= 11 is 0. The van der Waals surface area contributed by atoms with Crippen LogP contribution in [-0.2, 0) is 19.2 Å². The molecule has 0 aliphatic heterocycles. The number of hydrogen-bond donors (Lipinski definition) is 6. The zero-order valence-electron chi connectivity index (χ0n) is 10.2. The van der Waals surface area contributed by atoms with Crippen molar-refractivity contribution in [3.05, 3.63) is 0 Å². The fraction of sp³-hybridized carbons (Fsp3) is 0.333. The minimum Gasteiger partial charge on any atom is -0.832 e. The fourth-order valence-electron chi connectivity index (χ4n) is 0.211. The van der Waals surface area contributed by atoms with Crippen molar-refractivity contribution in [3.63, 3.8) is 0 Å². The molecule has 11 nitrogen and oxygen atoms in total. The number of halogens is 2. The second-order valence-electron chi connectivity index (χ2n) is 2.40. The van der Waals surface area contributed by atoms with Gasteiger partial charge in [-0.05, 0) is 0 Å². The summed E-state index contributed by atoms with van der Waals surface area (Å²) in [5.41, 5.74) is 0. The Labute approximate surface area is 126 Å². The molecule has 0 atom stereocenters. The van der Waals surface area contributed by atoms with Gasteiger partial charge in [-0.3, -0.25) is 0 Å². The molecule has 0 amide bonds. The maximum Gasteiger partial charge on any atom is 1.00 e. The number of rotatable bonds is 4. The molecule has 116 valence electrons. The summed E-state index contributed by atoms with van der Waals surface area (Å²) in [5.74, 6) is -7.90. The minimum atomic E-state index is -2.80. The Morgan fingerprint density at radius 1 is 0.762 bits per heavy atom. The fourth-order valence-corrected chi connectivity index (χ4v) is 0.211. The summed E-state index contributed by atoms with van der Waals surface area (Å²) in [5, 5.41) is 53.1. The van der Waals surface area contributed by atoms with E-state index in [0.29, 0.717) is 0 Å². The van der Waals surface area contributed by atoms with Crippen LogP contribution in [0.4, 0.5) is 8.78 Å². The number of carboxylic acid groups (broad SMARTS) is 4. The second kappa shape index (κ2) is 14.7. The van der Waals surface area contributed by atoms with Gasteiger partial charge in [0, 0.05) is 0 Å². The standard InChI is InChI=1S/2C3H3FO4.BH2O3.Li/c2*4-1(2(5)6)3(7)8;2-1(3)4;/h2*1H,(H,5,6)(H,7,8);2-3H;/q;;-1;+1. The van der Waals surface area contributed by atoms with Gasteiger partial charge in [0.05, 0.1) is 0 Å². The Balaban J connectivity index is -0.000000107. The first-order chi connectivity index (χ1) is 8.84. The van der Waals surface area contributed by atoms with E-state index in [2.05, 4.69) is 0 Å². The summed E-state index contributed by atoms with van der Waals surface area (Å²) in [6.45, 7) is 0. The Hall–Kier alpha value is -1.72. The molecule has 0 aliphatic rings.